The number of carbonyl (C=O) groups excluding carboxylic acids is 1. The number of hydrogen-bond acceptors (Lipinski definition) is 4. The fraction of sp³-hybridized carbons (Fsp3) is 0.0769. The molecule has 0 aliphatic carbocycles. The lowest BCUT2D eigenvalue weighted by Gasteiger charge is -2.05. The second kappa shape index (κ2) is 6.91. The second-order valence-electron chi connectivity index (χ2n) is 3.58. The van der Waals surface area contributed by atoms with Crippen LogP contribution in [0.1, 0.15) is 4.88 Å². The van der Waals surface area contributed by atoms with Crippen LogP contribution in [0.15, 0.2) is 30.5 Å². The maximum absolute atomic E-state index is 11.7. The van der Waals surface area contributed by atoms with Crippen LogP contribution in [0.4, 0.5) is 15.6 Å². The topological polar surface area (TPSA) is 74.2 Å². The first-order valence-corrected chi connectivity index (χ1v) is 6.76. The van der Waals surface area contributed by atoms with E-state index in [2.05, 4.69) is 27.5 Å². The standard InChI is InChI=1S/C13H10ClN3O2S/c14-9-3-1-4-10(7-9)16-12(19)17-13-15-8-11(20-13)5-2-6-18/h1,3-4,7-8,18H,6H2,(H2,15,16,17,19). The first-order chi connectivity index (χ1) is 9.67. The number of aliphatic hydroxyl groups is 1. The number of halogens is 1. The average Bonchev–Trinajstić information content (AvgIpc) is 2.83. The van der Waals surface area contributed by atoms with Crippen molar-refractivity contribution in [3.63, 3.8) is 0 Å². The summed E-state index contributed by atoms with van der Waals surface area (Å²) in [6.07, 6.45) is 1.53. The molecule has 102 valence electrons. The normalized spacial score (nSPS) is 9.50. The fourth-order valence-electron chi connectivity index (χ4n) is 1.34. The first-order valence-electron chi connectivity index (χ1n) is 5.56. The average molecular weight is 308 g/mol. The van der Waals surface area contributed by atoms with Crippen molar-refractivity contribution in [2.45, 2.75) is 0 Å². The van der Waals surface area contributed by atoms with Crippen molar-refractivity contribution in [1.82, 2.24) is 4.98 Å². The molecule has 0 aliphatic rings. The number of carbonyl (C=O) groups is 1. The van der Waals surface area contributed by atoms with Crippen LogP contribution in [0, 0.1) is 11.8 Å². The van der Waals surface area contributed by atoms with Crippen molar-refractivity contribution in [3.05, 3.63) is 40.4 Å². The van der Waals surface area contributed by atoms with Crippen LogP contribution >= 0.6 is 22.9 Å². The highest BCUT2D eigenvalue weighted by molar-refractivity contribution is 7.16. The van der Waals surface area contributed by atoms with Gasteiger partial charge in [-0.3, -0.25) is 5.32 Å². The first kappa shape index (κ1) is 14.3. The highest BCUT2D eigenvalue weighted by atomic mass is 35.5. The molecular weight excluding hydrogens is 298 g/mol. The molecule has 1 heterocycles. The van der Waals surface area contributed by atoms with Crippen molar-refractivity contribution in [2.75, 3.05) is 17.2 Å². The molecular formula is C13H10ClN3O2S. The molecule has 0 spiro atoms. The van der Waals surface area contributed by atoms with Gasteiger partial charge in [0.15, 0.2) is 5.13 Å². The van der Waals surface area contributed by atoms with E-state index < -0.39 is 6.03 Å². The number of aromatic nitrogens is 1. The minimum atomic E-state index is -0.414. The number of amides is 2. The number of nitrogens with zero attached hydrogens (tertiary/aromatic N) is 1. The van der Waals surface area contributed by atoms with E-state index in [0.29, 0.717) is 20.7 Å². The van der Waals surface area contributed by atoms with E-state index in [1.54, 1.807) is 24.3 Å². The Hall–Kier alpha value is -2.07. The van der Waals surface area contributed by atoms with E-state index in [4.69, 9.17) is 16.7 Å². The minimum Gasteiger partial charge on any atom is -0.384 e. The molecule has 1 aromatic heterocycles. The molecule has 3 N–H and O–H groups in total. The molecule has 1 aromatic carbocycles. The van der Waals surface area contributed by atoms with Gasteiger partial charge in [-0.2, -0.15) is 0 Å². The Morgan fingerprint density at radius 1 is 1.45 bits per heavy atom. The molecule has 0 bridgehead atoms. The SMILES string of the molecule is O=C(Nc1cccc(Cl)c1)Nc1ncc(C#CCO)s1. The number of nitrogens with one attached hydrogen (secondary N) is 2. The molecule has 5 nitrogen and oxygen atoms in total. The van der Waals surface area contributed by atoms with Gasteiger partial charge in [0.1, 0.15) is 6.61 Å². The summed E-state index contributed by atoms with van der Waals surface area (Å²) in [4.78, 5) is 16.4. The molecule has 2 amide bonds. The number of rotatable bonds is 2. The van der Waals surface area contributed by atoms with Crippen molar-refractivity contribution in [2.24, 2.45) is 0 Å². The zero-order chi connectivity index (χ0) is 14.4. The van der Waals surface area contributed by atoms with E-state index in [0.717, 1.165) is 0 Å². The molecule has 0 fully saturated rings. The Morgan fingerprint density at radius 2 is 2.30 bits per heavy atom. The highest BCUT2D eigenvalue weighted by Crippen LogP contribution is 2.18. The van der Waals surface area contributed by atoms with Gasteiger partial charge in [-0.15, -0.1) is 0 Å². The smallest absolute Gasteiger partial charge is 0.325 e. The third-order valence-electron chi connectivity index (χ3n) is 2.10. The summed E-state index contributed by atoms with van der Waals surface area (Å²) in [5.74, 6) is 5.22. The van der Waals surface area contributed by atoms with Gasteiger partial charge in [0.2, 0.25) is 0 Å². The van der Waals surface area contributed by atoms with Gasteiger partial charge in [0, 0.05) is 10.7 Å². The largest absolute Gasteiger partial charge is 0.384 e. The van der Waals surface area contributed by atoms with Crippen LogP contribution in [-0.4, -0.2) is 22.7 Å². The summed E-state index contributed by atoms with van der Waals surface area (Å²) in [6, 6.07) is 6.41. The molecule has 0 atom stereocenters. The summed E-state index contributed by atoms with van der Waals surface area (Å²) in [5, 5.41) is 14.8. The summed E-state index contributed by atoms with van der Waals surface area (Å²) in [6.45, 7) is -0.212. The van der Waals surface area contributed by atoms with Crippen LogP contribution in [0.2, 0.25) is 5.02 Å². The van der Waals surface area contributed by atoms with E-state index >= 15 is 0 Å². The predicted octanol–water partition coefficient (Wildman–Crippen LogP) is 2.78. The molecule has 0 saturated carbocycles. The zero-order valence-corrected chi connectivity index (χ0v) is 11.8. The highest BCUT2D eigenvalue weighted by Gasteiger charge is 2.06. The number of aliphatic hydroxyl groups excluding tert-OH is 1. The van der Waals surface area contributed by atoms with E-state index in [-0.39, 0.29) is 6.61 Å². The number of thiazole rings is 1. The Balaban J connectivity index is 1.96. The van der Waals surface area contributed by atoms with Crippen molar-refractivity contribution < 1.29 is 9.90 Å². The van der Waals surface area contributed by atoms with Gasteiger partial charge < -0.3 is 10.4 Å². The van der Waals surface area contributed by atoms with Crippen LogP contribution in [0.25, 0.3) is 0 Å². The Labute approximate surface area is 124 Å². The number of benzene rings is 1. The van der Waals surface area contributed by atoms with Gasteiger partial charge in [-0.1, -0.05) is 40.8 Å². The van der Waals surface area contributed by atoms with Gasteiger partial charge >= 0.3 is 6.03 Å². The van der Waals surface area contributed by atoms with Crippen LogP contribution in [-0.2, 0) is 0 Å². The van der Waals surface area contributed by atoms with Gasteiger partial charge in [0.25, 0.3) is 0 Å². The van der Waals surface area contributed by atoms with Crippen LogP contribution < -0.4 is 10.6 Å². The number of anilines is 2. The molecule has 7 heteroatoms. The van der Waals surface area contributed by atoms with Crippen molar-refractivity contribution >= 4 is 39.8 Å². The number of hydrogen-bond donors (Lipinski definition) is 3. The van der Waals surface area contributed by atoms with E-state index in [1.165, 1.54) is 17.5 Å². The van der Waals surface area contributed by atoms with E-state index in [9.17, 15) is 4.79 Å². The third kappa shape index (κ3) is 4.24. The Bertz CT molecular complexity index is 675. The molecule has 20 heavy (non-hydrogen) atoms. The maximum atomic E-state index is 11.7. The van der Waals surface area contributed by atoms with Gasteiger partial charge in [0.05, 0.1) is 11.1 Å². The Kier molecular flexibility index (Phi) is 4.96. The fourth-order valence-corrected chi connectivity index (χ4v) is 2.22. The maximum Gasteiger partial charge on any atom is 0.325 e. The molecule has 0 aliphatic heterocycles. The lowest BCUT2D eigenvalue weighted by molar-refractivity contribution is 0.262. The second-order valence-corrected chi connectivity index (χ2v) is 5.05. The van der Waals surface area contributed by atoms with Crippen LogP contribution in [0.3, 0.4) is 0 Å². The molecule has 2 rings (SSSR count). The lowest BCUT2D eigenvalue weighted by atomic mass is 10.3. The third-order valence-corrected chi connectivity index (χ3v) is 3.16. The quantitative estimate of drug-likeness (QED) is 0.747. The van der Waals surface area contributed by atoms with Crippen molar-refractivity contribution in [3.8, 4) is 11.8 Å². The monoisotopic (exact) mass is 307 g/mol. The molecule has 0 radical (unpaired) electrons. The van der Waals surface area contributed by atoms with Gasteiger partial charge in [-0.25, -0.2) is 9.78 Å². The molecule has 0 saturated heterocycles. The van der Waals surface area contributed by atoms with Gasteiger partial charge in [-0.05, 0) is 18.2 Å². The minimum absolute atomic E-state index is 0.212. The number of urea groups is 1. The van der Waals surface area contributed by atoms with Crippen molar-refractivity contribution in [1.29, 1.82) is 0 Å². The zero-order valence-electron chi connectivity index (χ0n) is 10.2. The Morgan fingerprint density at radius 3 is 3.05 bits per heavy atom. The molecule has 2 aromatic rings. The summed E-state index contributed by atoms with van der Waals surface area (Å²) in [7, 11) is 0. The van der Waals surface area contributed by atoms with Crippen LogP contribution in [0.5, 0.6) is 0 Å². The summed E-state index contributed by atoms with van der Waals surface area (Å²) >= 11 is 7.04. The van der Waals surface area contributed by atoms with E-state index in [1.807, 2.05) is 0 Å². The predicted molar refractivity (Wildman–Crippen MR) is 80.2 cm³/mol. The lowest BCUT2D eigenvalue weighted by Crippen LogP contribution is -2.19. The summed E-state index contributed by atoms with van der Waals surface area (Å²) < 4.78 is 0. The molecule has 0 unspecified atom stereocenters. The summed E-state index contributed by atoms with van der Waals surface area (Å²) in [5.41, 5.74) is 0.590.